The maximum atomic E-state index is 12.3. The second kappa shape index (κ2) is 8.06. The van der Waals surface area contributed by atoms with Crippen molar-refractivity contribution < 1.29 is 9.53 Å². The number of benzene rings is 1. The summed E-state index contributed by atoms with van der Waals surface area (Å²) in [5.41, 5.74) is 2.70. The molecule has 7 nitrogen and oxygen atoms in total. The van der Waals surface area contributed by atoms with Crippen molar-refractivity contribution in [2.75, 3.05) is 52.3 Å². The SMILES string of the molecule is COc1cc(-c2cnc(N3CCNCC3)c(C#N)c2)ccc1C(=O)N(C)C. The maximum absolute atomic E-state index is 12.3. The fourth-order valence-corrected chi connectivity index (χ4v) is 3.11. The molecule has 27 heavy (non-hydrogen) atoms. The van der Waals surface area contributed by atoms with Crippen LogP contribution in [-0.2, 0) is 0 Å². The van der Waals surface area contributed by atoms with Crippen LogP contribution in [0.3, 0.4) is 0 Å². The lowest BCUT2D eigenvalue weighted by atomic mass is 10.0. The van der Waals surface area contributed by atoms with Crippen LogP contribution in [0.2, 0.25) is 0 Å². The van der Waals surface area contributed by atoms with E-state index < -0.39 is 0 Å². The van der Waals surface area contributed by atoms with Gasteiger partial charge < -0.3 is 19.9 Å². The highest BCUT2D eigenvalue weighted by atomic mass is 16.5. The minimum atomic E-state index is -0.122. The maximum Gasteiger partial charge on any atom is 0.257 e. The van der Waals surface area contributed by atoms with Gasteiger partial charge in [0, 0.05) is 52.0 Å². The molecule has 1 aliphatic heterocycles. The number of amides is 1. The normalized spacial score (nSPS) is 13.8. The first-order valence-electron chi connectivity index (χ1n) is 8.81. The van der Waals surface area contributed by atoms with Crippen LogP contribution in [-0.4, -0.2) is 63.2 Å². The average molecular weight is 365 g/mol. The number of pyridine rings is 1. The molecule has 1 N–H and O–H groups in total. The quantitative estimate of drug-likeness (QED) is 0.889. The van der Waals surface area contributed by atoms with E-state index in [0.717, 1.165) is 37.3 Å². The van der Waals surface area contributed by atoms with Gasteiger partial charge in [-0.3, -0.25) is 4.79 Å². The van der Waals surface area contributed by atoms with Crippen LogP contribution in [0.1, 0.15) is 15.9 Å². The van der Waals surface area contributed by atoms with Crippen LogP contribution in [0.25, 0.3) is 11.1 Å². The number of aromatic nitrogens is 1. The number of carbonyl (C=O) groups excluding carboxylic acids is 1. The van der Waals surface area contributed by atoms with Gasteiger partial charge in [0.05, 0.1) is 18.2 Å². The van der Waals surface area contributed by atoms with E-state index in [0.29, 0.717) is 22.7 Å². The summed E-state index contributed by atoms with van der Waals surface area (Å²) in [5.74, 6) is 1.09. The van der Waals surface area contributed by atoms with Crippen LogP contribution >= 0.6 is 0 Å². The molecule has 1 amide bonds. The number of carbonyl (C=O) groups is 1. The lowest BCUT2D eigenvalue weighted by Crippen LogP contribution is -2.44. The van der Waals surface area contributed by atoms with Gasteiger partial charge in [-0.2, -0.15) is 5.26 Å². The molecule has 0 radical (unpaired) electrons. The van der Waals surface area contributed by atoms with Crippen molar-refractivity contribution in [3.8, 4) is 22.9 Å². The third-order valence-corrected chi connectivity index (χ3v) is 4.58. The zero-order chi connectivity index (χ0) is 19.4. The Balaban J connectivity index is 1.96. The van der Waals surface area contributed by atoms with Crippen molar-refractivity contribution in [3.63, 3.8) is 0 Å². The fraction of sp³-hybridized carbons (Fsp3) is 0.350. The first-order chi connectivity index (χ1) is 13.0. The second-order valence-electron chi connectivity index (χ2n) is 6.56. The molecule has 1 saturated heterocycles. The van der Waals surface area contributed by atoms with Gasteiger partial charge in [-0.05, 0) is 23.8 Å². The van der Waals surface area contributed by atoms with Gasteiger partial charge in [0.25, 0.3) is 5.91 Å². The lowest BCUT2D eigenvalue weighted by molar-refractivity contribution is 0.0824. The molecule has 2 aromatic rings. The predicted octanol–water partition coefficient (Wildman–Crippen LogP) is 1.74. The Morgan fingerprint density at radius 2 is 2.00 bits per heavy atom. The highest BCUT2D eigenvalue weighted by Crippen LogP contribution is 2.30. The van der Waals surface area contributed by atoms with Gasteiger partial charge in [0.1, 0.15) is 17.6 Å². The summed E-state index contributed by atoms with van der Waals surface area (Å²) in [4.78, 5) is 20.5. The number of piperazine rings is 1. The molecule has 1 aromatic carbocycles. The molecule has 0 bridgehead atoms. The standard InChI is InChI=1S/C20H23N5O2/c1-24(2)20(26)17-5-4-14(11-18(17)27-3)16-10-15(12-21)19(23-13-16)25-8-6-22-7-9-25/h4-5,10-11,13,22H,6-9H2,1-3H3. The van der Waals surface area contributed by atoms with E-state index in [1.807, 2.05) is 12.1 Å². The molecule has 140 valence electrons. The molecular weight excluding hydrogens is 342 g/mol. The molecule has 3 rings (SSSR count). The predicted molar refractivity (Wildman–Crippen MR) is 104 cm³/mol. The van der Waals surface area contributed by atoms with Crippen LogP contribution in [0.4, 0.5) is 5.82 Å². The smallest absolute Gasteiger partial charge is 0.257 e. The number of rotatable bonds is 4. The zero-order valence-electron chi connectivity index (χ0n) is 15.8. The van der Waals surface area contributed by atoms with Crippen LogP contribution in [0.5, 0.6) is 5.75 Å². The van der Waals surface area contributed by atoms with Crippen molar-refractivity contribution >= 4 is 11.7 Å². The number of ether oxygens (including phenoxy) is 1. The van der Waals surface area contributed by atoms with Crippen molar-refractivity contribution in [2.24, 2.45) is 0 Å². The van der Waals surface area contributed by atoms with Crippen molar-refractivity contribution in [3.05, 3.63) is 41.6 Å². The van der Waals surface area contributed by atoms with Crippen molar-refractivity contribution in [1.29, 1.82) is 5.26 Å². The van der Waals surface area contributed by atoms with Gasteiger partial charge in [0.2, 0.25) is 0 Å². The van der Waals surface area contributed by atoms with Crippen LogP contribution in [0.15, 0.2) is 30.5 Å². The molecule has 1 aliphatic rings. The fourth-order valence-electron chi connectivity index (χ4n) is 3.11. The second-order valence-corrected chi connectivity index (χ2v) is 6.56. The minimum Gasteiger partial charge on any atom is -0.496 e. The summed E-state index contributed by atoms with van der Waals surface area (Å²) in [6.45, 7) is 3.42. The summed E-state index contributed by atoms with van der Waals surface area (Å²) >= 11 is 0. The first-order valence-corrected chi connectivity index (χ1v) is 8.81. The van der Waals surface area contributed by atoms with Crippen LogP contribution < -0.4 is 15.0 Å². The molecule has 0 spiro atoms. The van der Waals surface area contributed by atoms with E-state index in [2.05, 4.69) is 21.3 Å². The Kier molecular flexibility index (Phi) is 5.57. The van der Waals surface area contributed by atoms with E-state index in [4.69, 9.17) is 4.74 Å². The van der Waals surface area contributed by atoms with Crippen molar-refractivity contribution in [1.82, 2.24) is 15.2 Å². The molecule has 7 heteroatoms. The Morgan fingerprint density at radius 3 is 2.63 bits per heavy atom. The number of methoxy groups -OCH3 is 1. The van der Waals surface area contributed by atoms with Gasteiger partial charge in [-0.15, -0.1) is 0 Å². The third-order valence-electron chi connectivity index (χ3n) is 4.58. The van der Waals surface area contributed by atoms with E-state index in [1.165, 1.54) is 12.0 Å². The highest BCUT2D eigenvalue weighted by molar-refractivity contribution is 5.97. The Bertz CT molecular complexity index is 882. The largest absolute Gasteiger partial charge is 0.496 e. The molecule has 0 unspecified atom stereocenters. The first kappa shape index (κ1) is 18.7. The summed E-state index contributed by atoms with van der Waals surface area (Å²) in [7, 11) is 4.94. The van der Waals surface area contributed by atoms with Gasteiger partial charge in [-0.25, -0.2) is 4.98 Å². The van der Waals surface area contributed by atoms with Gasteiger partial charge in [0.15, 0.2) is 0 Å². The Labute approximate surface area is 159 Å². The average Bonchev–Trinajstić information content (AvgIpc) is 2.72. The summed E-state index contributed by atoms with van der Waals surface area (Å²) in [5, 5.41) is 12.9. The summed E-state index contributed by atoms with van der Waals surface area (Å²) in [6, 6.07) is 9.50. The summed E-state index contributed by atoms with van der Waals surface area (Å²) < 4.78 is 5.41. The molecule has 0 atom stereocenters. The number of nitrogens with one attached hydrogen (secondary N) is 1. The molecule has 2 heterocycles. The number of nitrogens with zero attached hydrogens (tertiary/aromatic N) is 4. The number of nitriles is 1. The van der Waals surface area contributed by atoms with Gasteiger partial charge in [-0.1, -0.05) is 6.07 Å². The lowest BCUT2D eigenvalue weighted by Gasteiger charge is -2.29. The minimum absolute atomic E-state index is 0.122. The number of hydrogen-bond acceptors (Lipinski definition) is 6. The Morgan fingerprint density at radius 1 is 1.26 bits per heavy atom. The van der Waals surface area contributed by atoms with Crippen molar-refractivity contribution in [2.45, 2.75) is 0 Å². The molecule has 0 saturated carbocycles. The third kappa shape index (κ3) is 3.86. The molecule has 1 fully saturated rings. The summed E-state index contributed by atoms with van der Waals surface area (Å²) in [6.07, 6.45) is 1.76. The molecule has 1 aromatic heterocycles. The number of hydrogen-bond donors (Lipinski definition) is 1. The van der Waals surface area contributed by atoms with Gasteiger partial charge >= 0.3 is 0 Å². The van der Waals surface area contributed by atoms with E-state index in [1.54, 1.807) is 32.4 Å². The highest BCUT2D eigenvalue weighted by Gasteiger charge is 2.18. The van der Waals surface area contributed by atoms with Crippen LogP contribution in [0, 0.1) is 11.3 Å². The molecule has 0 aliphatic carbocycles. The monoisotopic (exact) mass is 365 g/mol. The van der Waals surface area contributed by atoms with E-state index in [9.17, 15) is 10.1 Å². The van der Waals surface area contributed by atoms with E-state index >= 15 is 0 Å². The van der Waals surface area contributed by atoms with E-state index in [-0.39, 0.29) is 5.91 Å². The Hall–Kier alpha value is -3.11. The number of anilines is 1. The topological polar surface area (TPSA) is 81.5 Å². The molecular formula is C20H23N5O2. The zero-order valence-corrected chi connectivity index (χ0v) is 15.8.